The molecular weight excluding hydrogens is 376 g/mol. The number of aliphatic hydroxyl groups excluding tert-OH is 1. The Bertz CT molecular complexity index is 663. The van der Waals surface area contributed by atoms with E-state index in [4.69, 9.17) is 0 Å². The van der Waals surface area contributed by atoms with Crippen molar-refractivity contribution in [3.8, 4) is 0 Å². The standard InChI is InChI=1S/C30H50O/c1-23(2)12-8-14-25(5)16-10-17-27(7)20-21-28-22-29(28)30(31)19-11-18-26(6)15-9-13-24(3)4/h12-13,16,18,20,28-31H,8-11,14-15,17,19,21-22H2,1-7H3/b25-16+,26-18+,27-20+/t28-,29-,30?/m1/s1. The van der Waals surface area contributed by atoms with E-state index in [1.807, 2.05) is 0 Å². The maximum Gasteiger partial charge on any atom is 0.0574 e. The van der Waals surface area contributed by atoms with Crippen molar-refractivity contribution >= 4 is 0 Å². The monoisotopic (exact) mass is 426 g/mol. The number of hydrogen-bond donors (Lipinski definition) is 1. The van der Waals surface area contributed by atoms with Crippen LogP contribution in [0, 0.1) is 11.8 Å². The molecule has 1 fully saturated rings. The molecule has 1 saturated carbocycles. The predicted octanol–water partition coefficient (Wildman–Crippen LogP) is 9.27. The molecule has 0 aromatic carbocycles. The summed E-state index contributed by atoms with van der Waals surface area (Å²) in [6.07, 6.45) is 22.9. The van der Waals surface area contributed by atoms with Crippen molar-refractivity contribution in [3.63, 3.8) is 0 Å². The van der Waals surface area contributed by atoms with Gasteiger partial charge in [0.05, 0.1) is 6.10 Å². The molecule has 0 aromatic heterocycles. The van der Waals surface area contributed by atoms with Crippen molar-refractivity contribution in [1.82, 2.24) is 0 Å². The highest BCUT2D eigenvalue weighted by Crippen LogP contribution is 2.45. The van der Waals surface area contributed by atoms with Gasteiger partial charge in [0.1, 0.15) is 0 Å². The third-order valence-corrected chi connectivity index (χ3v) is 6.41. The van der Waals surface area contributed by atoms with E-state index in [2.05, 4.69) is 78.8 Å². The number of hydrogen-bond acceptors (Lipinski definition) is 1. The summed E-state index contributed by atoms with van der Waals surface area (Å²) < 4.78 is 0. The highest BCUT2D eigenvalue weighted by Gasteiger charge is 2.40. The lowest BCUT2D eigenvalue weighted by Gasteiger charge is -2.09. The van der Waals surface area contributed by atoms with Crippen LogP contribution in [0.25, 0.3) is 0 Å². The van der Waals surface area contributed by atoms with Gasteiger partial charge >= 0.3 is 0 Å². The first-order valence-electron chi connectivity index (χ1n) is 12.6. The van der Waals surface area contributed by atoms with Gasteiger partial charge in [0.25, 0.3) is 0 Å². The zero-order valence-corrected chi connectivity index (χ0v) is 21.6. The molecule has 0 amide bonds. The Labute approximate surface area is 194 Å². The first-order chi connectivity index (χ1) is 14.7. The minimum Gasteiger partial charge on any atom is -0.393 e. The fourth-order valence-corrected chi connectivity index (χ4v) is 4.11. The van der Waals surface area contributed by atoms with E-state index in [1.165, 1.54) is 40.7 Å². The van der Waals surface area contributed by atoms with E-state index in [9.17, 15) is 5.11 Å². The van der Waals surface area contributed by atoms with E-state index < -0.39 is 0 Å². The van der Waals surface area contributed by atoms with Gasteiger partial charge in [-0.2, -0.15) is 0 Å². The Hall–Kier alpha value is -1.34. The molecule has 0 radical (unpaired) electrons. The molecule has 0 heterocycles. The van der Waals surface area contributed by atoms with Crippen molar-refractivity contribution in [3.05, 3.63) is 58.2 Å². The number of allylic oxidation sites excluding steroid dienone is 10. The van der Waals surface area contributed by atoms with E-state index in [0.717, 1.165) is 51.4 Å². The molecular formula is C30H50O. The second kappa shape index (κ2) is 15.5. The first kappa shape index (κ1) is 27.7. The Balaban J connectivity index is 2.21. The van der Waals surface area contributed by atoms with Gasteiger partial charge in [-0.1, -0.05) is 58.2 Å². The molecule has 0 bridgehead atoms. The van der Waals surface area contributed by atoms with Crippen molar-refractivity contribution in [2.75, 3.05) is 0 Å². The second-order valence-electron chi connectivity index (χ2n) is 10.4. The SMILES string of the molecule is CC(C)=CCC/C(C)=C/CC/C(C)=C/C[C@@H]1C[C@H]1C(O)CC/C=C(\C)CCC=C(C)C. The summed E-state index contributed by atoms with van der Waals surface area (Å²) in [6.45, 7) is 15.4. The van der Waals surface area contributed by atoms with Crippen LogP contribution >= 0.6 is 0 Å². The Kier molecular flexibility index (Phi) is 13.8. The lowest BCUT2D eigenvalue weighted by atomic mass is 10.0. The zero-order valence-electron chi connectivity index (χ0n) is 21.6. The molecule has 1 nitrogen and oxygen atoms in total. The molecule has 31 heavy (non-hydrogen) atoms. The van der Waals surface area contributed by atoms with E-state index in [-0.39, 0.29) is 6.10 Å². The van der Waals surface area contributed by atoms with Crippen molar-refractivity contribution < 1.29 is 5.11 Å². The topological polar surface area (TPSA) is 20.2 Å². The van der Waals surface area contributed by atoms with Crippen LogP contribution in [0.5, 0.6) is 0 Å². The van der Waals surface area contributed by atoms with E-state index >= 15 is 0 Å². The highest BCUT2D eigenvalue weighted by molar-refractivity contribution is 5.07. The molecule has 1 aliphatic carbocycles. The third kappa shape index (κ3) is 14.4. The highest BCUT2D eigenvalue weighted by atomic mass is 16.3. The van der Waals surface area contributed by atoms with Gasteiger partial charge in [-0.25, -0.2) is 0 Å². The fourth-order valence-electron chi connectivity index (χ4n) is 4.11. The number of aliphatic hydroxyl groups is 1. The summed E-state index contributed by atoms with van der Waals surface area (Å²) >= 11 is 0. The van der Waals surface area contributed by atoms with Gasteiger partial charge in [-0.3, -0.25) is 0 Å². The Morgan fingerprint density at radius 3 is 1.65 bits per heavy atom. The lowest BCUT2D eigenvalue weighted by molar-refractivity contribution is 0.136. The van der Waals surface area contributed by atoms with Crippen molar-refractivity contribution in [2.45, 2.75) is 119 Å². The summed E-state index contributed by atoms with van der Waals surface area (Å²) in [7, 11) is 0. The largest absolute Gasteiger partial charge is 0.393 e. The molecule has 0 aromatic rings. The normalized spacial score (nSPS) is 20.5. The average molecular weight is 427 g/mol. The van der Waals surface area contributed by atoms with Crippen LogP contribution in [0.4, 0.5) is 0 Å². The summed E-state index contributed by atoms with van der Waals surface area (Å²) in [5.41, 5.74) is 7.28. The average Bonchev–Trinajstić information content (AvgIpc) is 3.45. The molecule has 0 saturated heterocycles. The summed E-state index contributed by atoms with van der Waals surface area (Å²) in [5, 5.41) is 10.5. The van der Waals surface area contributed by atoms with Crippen LogP contribution in [0.2, 0.25) is 0 Å². The van der Waals surface area contributed by atoms with Gasteiger partial charge in [0, 0.05) is 0 Å². The lowest BCUT2D eigenvalue weighted by Crippen LogP contribution is -2.10. The Morgan fingerprint density at radius 1 is 0.677 bits per heavy atom. The van der Waals surface area contributed by atoms with Crippen LogP contribution < -0.4 is 0 Å². The minimum atomic E-state index is -0.119. The van der Waals surface area contributed by atoms with Crippen molar-refractivity contribution in [2.24, 2.45) is 11.8 Å². The molecule has 1 unspecified atom stereocenters. The smallest absolute Gasteiger partial charge is 0.0574 e. The van der Waals surface area contributed by atoms with Crippen LogP contribution in [-0.4, -0.2) is 11.2 Å². The molecule has 176 valence electrons. The zero-order chi connectivity index (χ0) is 23.2. The maximum atomic E-state index is 10.5. The molecule has 0 spiro atoms. The van der Waals surface area contributed by atoms with Gasteiger partial charge < -0.3 is 5.11 Å². The molecule has 1 heteroatoms. The maximum absolute atomic E-state index is 10.5. The van der Waals surface area contributed by atoms with E-state index in [0.29, 0.717) is 11.8 Å². The summed E-state index contributed by atoms with van der Waals surface area (Å²) in [6, 6.07) is 0. The van der Waals surface area contributed by atoms with Crippen LogP contribution in [0.15, 0.2) is 58.2 Å². The second-order valence-corrected chi connectivity index (χ2v) is 10.4. The minimum absolute atomic E-state index is 0.119. The quantitative estimate of drug-likeness (QED) is 0.259. The summed E-state index contributed by atoms with van der Waals surface area (Å²) in [4.78, 5) is 0. The van der Waals surface area contributed by atoms with Gasteiger partial charge in [-0.15, -0.1) is 0 Å². The van der Waals surface area contributed by atoms with Crippen LogP contribution in [0.3, 0.4) is 0 Å². The van der Waals surface area contributed by atoms with Gasteiger partial charge in [0.2, 0.25) is 0 Å². The predicted molar refractivity (Wildman–Crippen MR) is 139 cm³/mol. The van der Waals surface area contributed by atoms with Crippen LogP contribution in [-0.2, 0) is 0 Å². The van der Waals surface area contributed by atoms with Gasteiger partial charge in [0.15, 0.2) is 0 Å². The van der Waals surface area contributed by atoms with E-state index in [1.54, 1.807) is 0 Å². The fraction of sp³-hybridized carbons (Fsp3) is 0.667. The first-order valence-corrected chi connectivity index (χ1v) is 12.6. The van der Waals surface area contributed by atoms with Crippen molar-refractivity contribution in [1.29, 1.82) is 0 Å². The summed E-state index contributed by atoms with van der Waals surface area (Å²) in [5.74, 6) is 1.23. The molecule has 3 atom stereocenters. The molecule has 0 aliphatic heterocycles. The molecule has 1 rings (SSSR count). The molecule has 1 N–H and O–H groups in total. The molecule has 1 aliphatic rings. The Morgan fingerprint density at radius 2 is 1.13 bits per heavy atom. The number of rotatable bonds is 15. The third-order valence-electron chi connectivity index (χ3n) is 6.41. The van der Waals surface area contributed by atoms with Crippen LogP contribution in [0.1, 0.15) is 113 Å². The van der Waals surface area contributed by atoms with Gasteiger partial charge in [-0.05, 0) is 125 Å².